The molecule has 2 amide bonds. The predicted octanol–water partition coefficient (Wildman–Crippen LogP) is 3.35. The molecule has 28 heavy (non-hydrogen) atoms. The summed E-state index contributed by atoms with van der Waals surface area (Å²) < 4.78 is 10.6. The third-order valence-electron chi connectivity index (χ3n) is 5.87. The molecule has 0 radical (unpaired) electrons. The fourth-order valence-corrected chi connectivity index (χ4v) is 3.64. The molecule has 2 fully saturated rings. The quantitative estimate of drug-likeness (QED) is 0.670. The van der Waals surface area contributed by atoms with Crippen LogP contribution in [0.4, 0.5) is 0 Å². The fraction of sp³-hybridized carbons (Fsp3) is 0.636. The number of benzene rings is 1. The van der Waals surface area contributed by atoms with Crippen LogP contribution in [0.15, 0.2) is 18.2 Å². The molecule has 1 aliphatic heterocycles. The van der Waals surface area contributed by atoms with E-state index in [1.165, 1.54) is 25.7 Å². The van der Waals surface area contributed by atoms with Crippen LogP contribution in [0.2, 0.25) is 0 Å². The SMILES string of the molecule is CCC(CCC(=O)N(CC1CC1)CC1CC1)NC(=O)c1ccc2c(c1)OCO2. The molecule has 1 aromatic carbocycles. The van der Waals surface area contributed by atoms with Gasteiger partial charge < -0.3 is 19.7 Å². The summed E-state index contributed by atoms with van der Waals surface area (Å²) in [6.07, 6.45) is 7.02. The summed E-state index contributed by atoms with van der Waals surface area (Å²) in [7, 11) is 0. The maximum Gasteiger partial charge on any atom is 0.251 e. The van der Waals surface area contributed by atoms with E-state index in [1.807, 2.05) is 6.92 Å². The molecule has 2 saturated carbocycles. The number of rotatable bonds is 10. The van der Waals surface area contributed by atoms with Crippen LogP contribution in [0.1, 0.15) is 62.2 Å². The molecule has 1 unspecified atom stereocenters. The zero-order valence-electron chi connectivity index (χ0n) is 16.6. The molecule has 2 aliphatic carbocycles. The summed E-state index contributed by atoms with van der Waals surface area (Å²) in [6.45, 7) is 4.09. The average molecular weight is 386 g/mol. The molecule has 0 spiro atoms. The average Bonchev–Trinajstić information content (AvgIpc) is 3.63. The van der Waals surface area contributed by atoms with Crippen molar-refractivity contribution in [3.63, 3.8) is 0 Å². The van der Waals surface area contributed by atoms with Crippen molar-refractivity contribution in [2.24, 2.45) is 11.8 Å². The summed E-state index contributed by atoms with van der Waals surface area (Å²) in [4.78, 5) is 27.4. The van der Waals surface area contributed by atoms with Gasteiger partial charge >= 0.3 is 0 Å². The second-order valence-corrected chi connectivity index (χ2v) is 8.37. The van der Waals surface area contributed by atoms with E-state index in [2.05, 4.69) is 10.2 Å². The van der Waals surface area contributed by atoms with Gasteiger partial charge in [0, 0.05) is 31.1 Å². The number of carbonyl (C=O) groups is 2. The lowest BCUT2D eigenvalue weighted by Gasteiger charge is -2.24. The van der Waals surface area contributed by atoms with Gasteiger partial charge in [-0.05, 0) is 68.6 Å². The summed E-state index contributed by atoms with van der Waals surface area (Å²) in [5, 5.41) is 3.07. The molecule has 1 aromatic rings. The van der Waals surface area contributed by atoms with Crippen LogP contribution in [-0.4, -0.2) is 42.6 Å². The van der Waals surface area contributed by atoms with Gasteiger partial charge in [0.05, 0.1) is 0 Å². The second-order valence-electron chi connectivity index (χ2n) is 8.37. The monoisotopic (exact) mass is 386 g/mol. The number of hydrogen-bond donors (Lipinski definition) is 1. The molecule has 0 aromatic heterocycles. The Bertz CT molecular complexity index is 713. The second kappa shape index (κ2) is 8.41. The number of amides is 2. The first-order chi connectivity index (χ1) is 13.6. The molecule has 0 bridgehead atoms. The summed E-state index contributed by atoms with van der Waals surface area (Å²) in [5.41, 5.74) is 0.554. The number of fused-ring (bicyclic) bond motifs is 1. The van der Waals surface area contributed by atoms with Gasteiger partial charge in [-0.2, -0.15) is 0 Å². The van der Waals surface area contributed by atoms with Crippen molar-refractivity contribution in [3.05, 3.63) is 23.8 Å². The van der Waals surface area contributed by atoms with Crippen molar-refractivity contribution in [3.8, 4) is 11.5 Å². The Morgan fingerprint density at radius 2 is 1.79 bits per heavy atom. The van der Waals surface area contributed by atoms with E-state index in [-0.39, 0.29) is 24.6 Å². The van der Waals surface area contributed by atoms with Gasteiger partial charge in [0.2, 0.25) is 12.7 Å². The standard InChI is InChI=1S/C22H30N2O4/c1-2-18(23-22(26)17-7-9-19-20(11-17)28-14-27-19)8-10-21(25)24(12-15-3-4-15)13-16-5-6-16/h7,9,11,15-16,18H,2-6,8,10,12-14H2,1H3,(H,23,26). The Balaban J connectivity index is 1.28. The first kappa shape index (κ1) is 19.1. The predicted molar refractivity (Wildman–Crippen MR) is 105 cm³/mol. The minimum atomic E-state index is -0.134. The molecule has 152 valence electrons. The highest BCUT2D eigenvalue weighted by Gasteiger charge is 2.31. The molecule has 4 rings (SSSR count). The lowest BCUT2D eigenvalue weighted by Crippen LogP contribution is -2.38. The van der Waals surface area contributed by atoms with Crippen molar-refractivity contribution >= 4 is 11.8 Å². The van der Waals surface area contributed by atoms with E-state index < -0.39 is 0 Å². The highest BCUT2D eigenvalue weighted by atomic mass is 16.7. The zero-order chi connectivity index (χ0) is 19.5. The van der Waals surface area contributed by atoms with E-state index in [4.69, 9.17) is 9.47 Å². The van der Waals surface area contributed by atoms with Gasteiger partial charge in [-0.3, -0.25) is 9.59 Å². The minimum absolute atomic E-state index is 0.00873. The van der Waals surface area contributed by atoms with Gasteiger partial charge in [-0.25, -0.2) is 0 Å². The third kappa shape index (κ3) is 4.97. The topological polar surface area (TPSA) is 67.9 Å². The normalized spacial score (nSPS) is 18.6. The van der Waals surface area contributed by atoms with Crippen LogP contribution < -0.4 is 14.8 Å². The summed E-state index contributed by atoms with van der Waals surface area (Å²) in [6, 6.07) is 5.21. The van der Waals surface area contributed by atoms with Crippen molar-refractivity contribution in [1.29, 1.82) is 0 Å². The van der Waals surface area contributed by atoms with Crippen LogP contribution in [0.3, 0.4) is 0 Å². The molecule has 1 atom stereocenters. The number of nitrogens with zero attached hydrogens (tertiary/aromatic N) is 1. The largest absolute Gasteiger partial charge is 0.454 e. The van der Waals surface area contributed by atoms with Gasteiger partial charge in [0.25, 0.3) is 5.91 Å². The lowest BCUT2D eigenvalue weighted by molar-refractivity contribution is -0.132. The van der Waals surface area contributed by atoms with Crippen LogP contribution in [0.25, 0.3) is 0 Å². The highest BCUT2D eigenvalue weighted by molar-refractivity contribution is 5.95. The van der Waals surface area contributed by atoms with Crippen LogP contribution in [0.5, 0.6) is 11.5 Å². The Hall–Kier alpha value is -2.24. The zero-order valence-corrected chi connectivity index (χ0v) is 16.6. The van der Waals surface area contributed by atoms with E-state index in [1.54, 1.807) is 18.2 Å². The van der Waals surface area contributed by atoms with Crippen LogP contribution >= 0.6 is 0 Å². The smallest absolute Gasteiger partial charge is 0.251 e. The molecule has 1 heterocycles. The van der Waals surface area contributed by atoms with Crippen LogP contribution in [0, 0.1) is 11.8 Å². The molecular weight excluding hydrogens is 356 g/mol. The Morgan fingerprint density at radius 1 is 1.11 bits per heavy atom. The Labute approximate surface area is 166 Å². The van der Waals surface area contributed by atoms with Crippen molar-refractivity contribution in [1.82, 2.24) is 10.2 Å². The molecule has 1 N–H and O–H groups in total. The van der Waals surface area contributed by atoms with Gasteiger partial charge in [-0.15, -0.1) is 0 Å². The van der Waals surface area contributed by atoms with Gasteiger partial charge in [-0.1, -0.05) is 6.92 Å². The maximum atomic E-state index is 12.8. The highest BCUT2D eigenvalue weighted by Crippen LogP contribution is 2.34. The molecular formula is C22H30N2O4. The first-order valence-corrected chi connectivity index (χ1v) is 10.6. The lowest BCUT2D eigenvalue weighted by atomic mass is 10.1. The van der Waals surface area contributed by atoms with Crippen molar-refractivity contribution in [2.75, 3.05) is 19.9 Å². The summed E-state index contributed by atoms with van der Waals surface area (Å²) in [5.74, 6) is 2.82. The van der Waals surface area contributed by atoms with Gasteiger partial charge in [0.15, 0.2) is 11.5 Å². The Morgan fingerprint density at radius 3 is 2.43 bits per heavy atom. The van der Waals surface area contributed by atoms with Gasteiger partial charge in [0.1, 0.15) is 0 Å². The van der Waals surface area contributed by atoms with Crippen molar-refractivity contribution in [2.45, 2.75) is 57.9 Å². The number of nitrogens with one attached hydrogen (secondary N) is 1. The molecule has 6 heteroatoms. The minimum Gasteiger partial charge on any atom is -0.454 e. The first-order valence-electron chi connectivity index (χ1n) is 10.6. The van der Waals surface area contributed by atoms with E-state index >= 15 is 0 Å². The van der Waals surface area contributed by atoms with Crippen LogP contribution in [-0.2, 0) is 4.79 Å². The van der Waals surface area contributed by atoms with E-state index in [0.717, 1.165) is 31.3 Å². The summed E-state index contributed by atoms with van der Waals surface area (Å²) >= 11 is 0. The van der Waals surface area contributed by atoms with Crippen molar-refractivity contribution < 1.29 is 19.1 Å². The number of hydrogen-bond acceptors (Lipinski definition) is 4. The van der Waals surface area contributed by atoms with E-state index in [0.29, 0.717) is 29.9 Å². The Kier molecular flexibility index (Phi) is 5.74. The number of ether oxygens (including phenoxy) is 2. The molecule has 0 saturated heterocycles. The molecule has 6 nitrogen and oxygen atoms in total. The fourth-order valence-electron chi connectivity index (χ4n) is 3.64. The molecule has 3 aliphatic rings. The maximum absolute atomic E-state index is 12.8. The third-order valence-corrected chi connectivity index (χ3v) is 5.87. The van der Waals surface area contributed by atoms with E-state index in [9.17, 15) is 9.59 Å². The number of carbonyl (C=O) groups excluding carboxylic acids is 2.